The van der Waals surface area contributed by atoms with Gasteiger partial charge in [-0.1, -0.05) is 30.4 Å². The van der Waals surface area contributed by atoms with E-state index in [0.717, 1.165) is 31.4 Å². The summed E-state index contributed by atoms with van der Waals surface area (Å²) in [6.45, 7) is 15.1. The lowest BCUT2D eigenvalue weighted by Crippen LogP contribution is -2.24. The normalized spacial score (nSPS) is 16.9. The third kappa shape index (κ3) is 6.01. The Morgan fingerprint density at radius 1 is 0.905 bits per heavy atom. The van der Waals surface area contributed by atoms with Gasteiger partial charge in [-0.15, -0.1) is 26.3 Å². The number of rotatable bonds is 12. The summed E-state index contributed by atoms with van der Waals surface area (Å²) in [5.74, 6) is 0.849. The van der Waals surface area contributed by atoms with Crippen molar-refractivity contribution in [2.45, 2.75) is 44.0 Å². The van der Waals surface area contributed by atoms with E-state index in [1.54, 1.807) is 0 Å². The molecule has 0 N–H and O–H groups in total. The Morgan fingerprint density at radius 2 is 1.43 bits per heavy atom. The van der Waals surface area contributed by atoms with Crippen LogP contribution in [0.1, 0.15) is 25.7 Å². The van der Waals surface area contributed by atoms with Crippen LogP contribution in [0.15, 0.2) is 74.6 Å². The molecular weight excluding hydrogens is 260 g/mol. The molecule has 1 aliphatic rings. The molecule has 2 heteroatoms. The van der Waals surface area contributed by atoms with Gasteiger partial charge in [0.2, 0.25) is 0 Å². The predicted octanol–water partition coefficient (Wildman–Crippen LogP) is 4.88. The summed E-state index contributed by atoms with van der Waals surface area (Å²) in [5.41, 5.74) is 0. The van der Waals surface area contributed by atoms with E-state index in [0.29, 0.717) is 0 Å². The molecule has 0 spiro atoms. The minimum Gasteiger partial charge on any atom is -0.491 e. The molecule has 0 saturated carbocycles. The molecule has 0 saturated heterocycles. The summed E-state index contributed by atoms with van der Waals surface area (Å²) in [6.07, 6.45) is 16.6. The van der Waals surface area contributed by atoms with Crippen LogP contribution in [-0.2, 0) is 9.47 Å². The third-order valence-corrected chi connectivity index (χ3v) is 3.19. The van der Waals surface area contributed by atoms with Gasteiger partial charge in [0.25, 0.3) is 0 Å². The highest BCUT2D eigenvalue weighted by atomic mass is 16.5. The van der Waals surface area contributed by atoms with E-state index in [-0.39, 0.29) is 18.3 Å². The fourth-order valence-corrected chi connectivity index (χ4v) is 2.20. The fraction of sp³-hybridized carbons (Fsp3) is 0.368. The molecular formula is C19H26O2. The van der Waals surface area contributed by atoms with E-state index < -0.39 is 0 Å². The molecule has 0 aromatic carbocycles. The summed E-state index contributed by atoms with van der Waals surface area (Å²) in [6, 6.07) is 0. The van der Waals surface area contributed by atoms with Crippen molar-refractivity contribution in [1.29, 1.82) is 0 Å². The van der Waals surface area contributed by atoms with Crippen LogP contribution in [0.2, 0.25) is 0 Å². The van der Waals surface area contributed by atoms with Gasteiger partial charge in [0.05, 0.1) is 6.10 Å². The molecule has 0 aromatic rings. The highest BCUT2D eigenvalue weighted by Gasteiger charge is 2.22. The van der Waals surface area contributed by atoms with Crippen molar-refractivity contribution in [2.24, 2.45) is 0 Å². The minimum absolute atomic E-state index is 0.0644. The van der Waals surface area contributed by atoms with Crippen LogP contribution >= 0.6 is 0 Å². The summed E-state index contributed by atoms with van der Waals surface area (Å²) in [7, 11) is 0. The van der Waals surface area contributed by atoms with Gasteiger partial charge in [0.15, 0.2) is 0 Å². The second kappa shape index (κ2) is 10.0. The molecule has 0 aromatic heterocycles. The van der Waals surface area contributed by atoms with Crippen LogP contribution in [0.25, 0.3) is 0 Å². The lowest BCUT2D eigenvalue weighted by atomic mass is 10.1. The monoisotopic (exact) mass is 286 g/mol. The molecule has 114 valence electrons. The van der Waals surface area contributed by atoms with Crippen LogP contribution in [0, 0.1) is 0 Å². The standard InChI is InChI=1S/C19H26O2/c1-5-10-16(11-6-2)20-18-14-9-15-19(18)21-17(12-7-3)13-8-4/h5-9,14-18H,1-4,10-13H2/t18-/m0/s1. The number of allylic oxidation sites excluding steroid dienone is 2. The first-order valence-corrected chi connectivity index (χ1v) is 7.39. The van der Waals surface area contributed by atoms with Crippen molar-refractivity contribution < 1.29 is 9.47 Å². The van der Waals surface area contributed by atoms with Gasteiger partial charge in [-0.25, -0.2) is 0 Å². The average molecular weight is 286 g/mol. The maximum Gasteiger partial charge on any atom is 0.133 e. The molecule has 1 rings (SSSR count). The number of hydrogen-bond acceptors (Lipinski definition) is 2. The average Bonchev–Trinajstić information content (AvgIpc) is 2.87. The highest BCUT2D eigenvalue weighted by Crippen LogP contribution is 2.24. The summed E-state index contributed by atoms with van der Waals surface area (Å²) in [5, 5.41) is 0. The molecule has 1 atom stereocenters. The number of hydrogen-bond donors (Lipinski definition) is 0. The second-order valence-electron chi connectivity index (χ2n) is 4.97. The SMILES string of the molecule is C=CCC(CC=C)OC1=CC=C[C@@H]1OC(CC=C)CC=C. The van der Waals surface area contributed by atoms with Gasteiger partial charge in [-0.3, -0.25) is 0 Å². The lowest BCUT2D eigenvalue weighted by Gasteiger charge is -2.25. The van der Waals surface area contributed by atoms with Crippen molar-refractivity contribution in [3.63, 3.8) is 0 Å². The molecule has 0 heterocycles. The Labute approximate surface area is 128 Å². The molecule has 2 nitrogen and oxygen atoms in total. The first-order valence-electron chi connectivity index (χ1n) is 7.39. The van der Waals surface area contributed by atoms with Crippen LogP contribution < -0.4 is 0 Å². The minimum atomic E-state index is -0.132. The molecule has 0 bridgehead atoms. The van der Waals surface area contributed by atoms with Crippen LogP contribution in [0.4, 0.5) is 0 Å². The van der Waals surface area contributed by atoms with Crippen LogP contribution in [0.3, 0.4) is 0 Å². The summed E-state index contributed by atoms with van der Waals surface area (Å²) in [4.78, 5) is 0. The van der Waals surface area contributed by atoms with Gasteiger partial charge in [0, 0.05) is 12.8 Å². The van der Waals surface area contributed by atoms with Crippen molar-refractivity contribution >= 4 is 0 Å². The molecule has 21 heavy (non-hydrogen) atoms. The molecule has 0 fully saturated rings. The zero-order chi connectivity index (χ0) is 15.5. The van der Waals surface area contributed by atoms with Crippen LogP contribution in [-0.4, -0.2) is 18.3 Å². The van der Waals surface area contributed by atoms with Gasteiger partial charge in [0.1, 0.15) is 18.0 Å². The summed E-state index contributed by atoms with van der Waals surface area (Å²) < 4.78 is 12.1. The smallest absolute Gasteiger partial charge is 0.133 e. The van der Waals surface area contributed by atoms with Gasteiger partial charge in [-0.2, -0.15) is 0 Å². The third-order valence-electron chi connectivity index (χ3n) is 3.19. The van der Waals surface area contributed by atoms with E-state index in [1.165, 1.54) is 0 Å². The van der Waals surface area contributed by atoms with E-state index in [2.05, 4.69) is 26.3 Å². The van der Waals surface area contributed by atoms with E-state index >= 15 is 0 Å². The largest absolute Gasteiger partial charge is 0.491 e. The molecule has 0 aliphatic heterocycles. The lowest BCUT2D eigenvalue weighted by molar-refractivity contribution is -0.00876. The van der Waals surface area contributed by atoms with Gasteiger partial charge >= 0.3 is 0 Å². The molecule has 0 amide bonds. The molecule has 0 unspecified atom stereocenters. The fourth-order valence-electron chi connectivity index (χ4n) is 2.20. The van der Waals surface area contributed by atoms with Crippen molar-refractivity contribution in [3.05, 3.63) is 74.6 Å². The first kappa shape index (κ1) is 17.3. The predicted molar refractivity (Wildman–Crippen MR) is 90.0 cm³/mol. The van der Waals surface area contributed by atoms with Crippen molar-refractivity contribution in [3.8, 4) is 0 Å². The van der Waals surface area contributed by atoms with Crippen LogP contribution in [0.5, 0.6) is 0 Å². The Kier molecular flexibility index (Phi) is 8.22. The summed E-state index contributed by atoms with van der Waals surface area (Å²) >= 11 is 0. The zero-order valence-electron chi connectivity index (χ0n) is 12.7. The quantitative estimate of drug-likeness (QED) is 0.476. The highest BCUT2D eigenvalue weighted by molar-refractivity contribution is 5.25. The van der Waals surface area contributed by atoms with Crippen molar-refractivity contribution in [2.75, 3.05) is 0 Å². The second-order valence-corrected chi connectivity index (χ2v) is 4.97. The Morgan fingerprint density at radius 3 is 1.95 bits per heavy atom. The van der Waals surface area contributed by atoms with E-state index in [4.69, 9.17) is 9.47 Å². The van der Waals surface area contributed by atoms with E-state index in [9.17, 15) is 0 Å². The van der Waals surface area contributed by atoms with Gasteiger partial charge < -0.3 is 9.47 Å². The Hall–Kier alpha value is -1.80. The molecule has 1 aliphatic carbocycles. The Balaban J connectivity index is 2.61. The van der Waals surface area contributed by atoms with Gasteiger partial charge in [-0.05, 0) is 25.0 Å². The zero-order valence-corrected chi connectivity index (χ0v) is 12.7. The number of ether oxygens (including phenoxy) is 2. The van der Waals surface area contributed by atoms with Crippen molar-refractivity contribution in [1.82, 2.24) is 0 Å². The topological polar surface area (TPSA) is 18.5 Å². The first-order chi connectivity index (χ1) is 10.2. The maximum absolute atomic E-state index is 6.09. The molecule has 0 radical (unpaired) electrons. The Bertz CT molecular complexity index is 397. The maximum atomic E-state index is 6.09. The van der Waals surface area contributed by atoms with E-state index in [1.807, 2.05) is 42.5 Å².